The van der Waals surface area contributed by atoms with Gasteiger partial charge in [0, 0.05) is 17.5 Å². The maximum Gasteiger partial charge on any atom is 0.357 e. The smallest absolute Gasteiger partial charge is 0.357 e. The van der Waals surface area contributed by atoms with E-state index in [4.69, 9.17) is 4.74 Å². The van der Waals surface area contributed by atoms with Crippen molar-refractivity contribution in [3.8, 4) is 0 Å². The second-order valence-electron chi connectivity index (χ2n) is 10.1. The van der Waals surface area contributed by atoms with Crippen molar-refractivity contribution in [3.05, 3.63) is 16.1 Å². The molecule has 4 aliphatic carbocycles. The van der Waals surface area contributed by atoms with E-state index in [1.807, 2.05) is 4.90 Å². The van der Waals surface area contributed by atoms with Gasteiger partial charge in [-0.05, 0) is 75.5 Å². The van der Waals surface area contributed by atoms with Gasteiger partial charge in [-0.3, -0.25) is 0 Å². The highest BCUT2D eigenvalue weighted by molar-refractivity contribution is 7.09. The number of amides is 2. The van der Waals surface area contributed by atoms with E-state index in [1.54, 1.807) is 12.3 Å². The number of thiazole rings is 1. The third-order valence-electron chi connectivity index (χ3n) is 7.04. The van der Waals surface area contributed by atoms with Crippen molar-refractivity contribution in [3.63, 3.8) is 0 Å². The molecule has 4 fully saturated rings. The van der Waals surface area contributed by atoms with Gasteiger partial charge in [-0.2, -0.15) is 0 Å². The van der Waals surface area contributed by atoms with Gasteiger partial charge in [0.05, 0.1) is 13.2 Å². The van der Waals surface area contributed by atoms with Gasteiger partial charge >= 0.3 is 12.0 Å². The average molecular weight is 434 g/mol. The molecule has 4 saturated carbocycles. The summed E-state index contributed by atoms with van der Waals surface area (Å²) in [5.41, 5.74) is 0.336. The predicted octanol–water partition coefficient (Wildman–Crippen LogP) is 4.85. The van der Waals surface area contributed by atoms with E-state index in [0.717, 1.165) is 48.4 Å². The van der Waals surface area contributed by atoms with Gasteiger partial charge in [-0.25, -0.2) is 14.6 Å². The molecule has 0 aliphatic heterocycles. The van der Waals surface area contributed by atoms with Gasteiger partial charge in [0.15, 0.2) is 5.69 Å². The Hall–Kier alpha value is -1.63. The lowest BCUT2D eigenvalue weighted by molar-refractivity contribution is -0.0158. The van der Waals surface area contributed by atoms with Crippen LogP contribution < -0.4 is 5.32 Å². The van der Waals surface area contributed by atoms with E-state index in [1.165, 1.54) is 30.6 Å². The summed E-state index contributed by atoms with van der Waals surface area (Å²) in [5, 5.41) is 6.00. The Labute approximate surface area is 183 Å². The lowest BCUT2D eigenvalue weighted by Gasteiger charge is -2.57. The Kier molecular flexibility index (Phi) is 6.37. The quantitative estimate of drug-likeness (QED) is 0.595. The highest BCUT2D eigenvalue weighted by Gasteiger charge is 2.51. The first-order valence-electron chi connectivity index (χ1n) is 11.5. The summed E-state index contributed by atoms with van der Waals surface area (Å²) in [6, 6.07) is 0.0329. The van der Waals surface area contributed by atoms with E-state index < -0.39 is 5.97 Å². The van der Waals surface area contributed by atoms with E-state index in [2.05, 4.69) is 24.1 Å². The molecule has 1 aromatic rings. The fourth-order valence-electron chi connectivity index (χ4n) is 6.08. The third kappa shape index (κ3) is 4.82. The standard InChI is InChI=1S/C23H35N3O3S/c1-4-29-21(27)19-14-30-20(24-19)13-26(6-5-15(2)3)22(28)25-23-10-16-7-17(11-23)9-18(8-16)12-23/h14-18H,4-13H2,1-3H3,(H,25,28). The first-order chi connectivity index (χ1) is 14.4. The van der Waals surface area contributed by atoms with Crippen LogP contribution in [0, 0.1) is 23.7 Å². The van der Waals surface area contributed by atoms with Crippen molar-refractivity contribution in [1.82, 2.24) is 15.2 Å². The van der Waals surface area contributed by atoms with Crippen molar-refractivity contribution >= 4 is 23.3 Å². The van der Waals surface area contributed by atoms with Crippen molar-refractivity contribution < 1.29 is 14.3 Å². The summed E-state index contributed by atoms with van der Waals surface area (Å²) in [4.78, 5) is 31.6. The highest BCUT2D eigenvalue weighted by atomic mass is 32.1. The minimum absolute atomic E-state index is 0.000878. The topological polar surface area (TPSA) is 71.5 Å². The van der Waals surface area contributed by atoms with Gasteiger partial charge in [0.1, 0.15) is 5.01 Å². The Balaban J connectivity index is 1.44. The van der Waals surface area contributed by atoms with Crippen molar-refractivity contribution in [2.75, 3.05) is 13.2 Å². The molecule has 1 heterocycles. The van der Waals surface area contributed by atoms with Crippen LogP contribution in [0.4, 0.5) is 4.79 Å². The average Bonchev–Trinajstić information content (AvgIpc) is 3.12. The Morgan fingerprint density at radius 1 is 1.23 bits per heavy atom. The molecule has 4 aliphatic rings. The van der Waals surface area contributed by atoms with Crippen molar-refractivity contribution in [2.45, 2.75) is 77.8 Å². The second-order valence-corrected chi connectivity index (χ2v) is 11.0. The van der Waals surface area contributed by atoms with Crippen LogP contribution >= 0.6 is 11.3 Å². The molecule has 0 atom stereocenters. The zero-order chi connectivity index (χ0) is 21.3. The molecule has 0 spiro atoms. The first kappa shape index (κ1) is 21.6. The van der Waals surface area contributed by atoms with E-state index in [-0.39, 0.29) is 11.6 Å². The lowest BCUT2D eigenvalue weighted by atomic mass is 9.53. The Morgan fingerprint density at radius 2 is 1.87 bits per heavy atom. The van der Waals surface area contributed by atoms with E-state index in [9.17, 15) is 9.59 Å². The molecule has 2 amide bonds. The lowest BCUT2D eigenvalue weighted by Crippen LogP contribution is -2.61. The molecule has 30 heavy (non-hydrogen) atoms. The van der Waals surface area contributed by atoms with Crippen LogP contribution in [0.15, 0.2) is 5.38 Å². The summed E-state index contributed by atoms with van der Waals surface area (Å²) < 4.78 is 5.04. The Morgan fingerprint density at radius 3 is 2.43 bits per heavy atom. The maximum atomic E-state index is 13.4. The van der Waals surface area contributed by atoms with Crippen LogP contribution in [0.3, 0.4) is 0 Å². The molecule has 0 saturated heterocycles. The molecule has 0 radical (unpaired) electrons. The molecule has 0 aromatic carbocycles. The molecule has 1 aromatic heterocycles. The largest absolute Gasteiger partial charge is 0.461 e. The highest BCUT2D eigenvalue weighted by Crippen LogP contribution is 2.55. The molecule has 6 nitrogen and oxygen atoms in total. The number of ether oxygens (including phenoxy) is 1. The van der Waals surface area contributed by atoms with Crippen molar-refractivity contribution in [1.29, 1.82) is 0 Å². The Bertz CT molecular complexity index is 740. The maximum absolute atomic E-state index is 13.4. The number of aromatic nitrogens is 1. The number of carbonyl (C=O) groups excluding carboxylic acids is 2. The monoisotopic (exact) mass is 433 g/mol. The molecule has 166 valence electrons. The number of rotatable bonds is 8. The summed E-state index contributed by atoms with van der Waals surface area (Å²) in [5.74, 6) is 2.52. The minimum atomic E-state index is -0.397. The van der Waals surface area contributed by atoms with Crippen LogP contribution in [-0.4, -0.2) is 40.6 Å². The molecular weight excluding hydrogens is 398 g/mol. The summed E-state index contributed by atoms with van der Waals surface area (Å²) in [7, 11) is 0. The number of hydrogen-bond acceptors (Lipinski definition) is 5. The number of hydrogen-bond donors (Lipinski definition) is 1. The summed E-state index contributed by atoms with van der Waals surface area (Å²) in [6.45, 7) is 7.61. The summed E-state index contributed by atoms with van der Waals surface area (Å²) in [6.07, 6.45) is 8.48. The van der Waals surface area contributed by atoms with Gasteiger partial charge in [-0.15, -0.1) is 11.3 Å². The van der Waals surface area contributed by atoms with E-state index >= 15 is 0 Å². The molecule has 5 rings (SSSR count). The fourth-order valence-corrected chi connectivity index (χ4v) is 6.86. The SMILES string of the molecule is CCOC(=O)c1csc(CN(CCC(C)C)C(=O)NC23CC4CC(CC(C4)C2)C3)n1. The minimum Gasteiger partial charge on any atom is -0.461 e. The van der Waals surface area contributed by atoms with Crippen LogP contribution in [0.1, 0.15) is 81.2 Å². The molecule has 1 N–H and O–H groups in total. The number of esters is 1. The molecular formula is C23H35N3O3S. The van der Waals surface area contributed by atoms with Gasteiger partial charge in [-0.1, -0.05) is 13.8 Å². The number of nitrogens with zero attached hydrogens (tertiary/aromatic N) is 2. The van der Waals surface area contributed by atoms with Crippen LogP contribution in [0.25, 0.3) is 0 Å². The normalized spacial score (nSPS) is 29.3. The van der Waals surface area contributed by atoms with Gasteiger partial charge in [0.25, 0.3) is 0 Å². The van der Waals surface area contributed by atoms with Crippen LogP contribution in [0.2, 0.25) is 0 Å². The second kappa shape index (κ2) is 8.85. The first-order valence-corrected chi connectivity index (χ1v) is 12.4. The summed E-state index contributed by atoms with van der Waals surface area (Å²) >= 11 is 1.42. The molecule has 0 unspecified atom stereocenters. The molecule has 4 bridgehead atoms. The zero-order valence-corrected chi connectivity index (χ0v) is 19.3. The van der Waals surface area contributed by atoms with Crippen molar-refractivity contribution in [2.24, 2.45) is 23.7 Å². The predicted molar refractivity (Wildman–Crippen MR) is 117 cm³/mol. The third-order valence-corrected chi connectivity index (χ3v) is 7.87. The number of nitrogens with one attached hydrogen (secondary N) is 1. The number of carbonyl (C=O) groups is 2. The fraction of sp³-hybridized carbons (Fsp3) is 0.783. The van der Waals surface area contributed by atoms with E-state index in [0.29, 0.717) is 31.3 Å². The zero-order valence-electron chi connectivity index (χ0n) is 18.5. The molecule has 7 heteroatoms. The van der Waals surface area contributed by atoms with Gasteiger partial charge < -0.3 is 15.0 Å². The van der Waals surface area contributed by atoms with Crippen LogP contribution in [-0.2, 0) is 11.3 Å². The van der Waals surface area contributed by atoms with Gasteiger partial charge in [0.2, 0.25) is 0 Å². The number of urea groups is 1. The van der Waals surface area contributed by atoms with Crippen LogP contribution in [0.5, 0.6) is 0 Å².